The molecule has 110 valence electrons. The molecule has 0 aliphatic carbocycles. The topological polar surface area (TPSA) is 79.3 Å². The van der Waals surface area contributed by atoms with Gasteiger partial charge in [0.1, 0.15) is 5.65 Å². The minimum absolute atomic E-state index is 0.178. The number of imidazole rings is 1. The van der Waals surface area contributed by atoms with E-state index >= 15 is 0 Å². The Hall–Kier alpha value is -3.02. The van der Waals surface area contributed by atoms with Crippen LogP contribution in [0.15, 0.2) is 52.8 Å². The van der Waals surface area contributed by atoms with Crippen molar-refractivity contribution in [2.24, 2.45) is 10.2 Å². The maximum Gasteiger partial charge on any atom is 0.337 e. The molecule has 1 N–H and O–H groups in total. The lowest BCUT2D eigenvalue weighted by atomic mass is 10.2. The van der Waals surface area contributed by atoms with Gasteiger partial charge in [-0.05, 0) is 43.7 Å². The predicted molar refractivity (Wildman–Crippen MR) is 82.2 cm³/mol. The molecule has 2 heterocycles. The van der Waals surface area contributed by atoms with Crippen LogP contribution in [0.3, 0.4) is 0 Å². The second kappa shape index (κ2) is 5.40. The van der Waals surface area contributed by atoms with Crippen LogP contribution in [-0.2, 0) is 0 Å². The Morgan fingerprint density at radius 2 is 2.00 bits per heavy atom. The predicted octanol–water partition coefficient (Wildman–Crippen LogP) is 4.06. The zero-order valence-corrected chi connectivity index (χ0v) is 12.2. The van der Waals surface area contributed by atoms with E-state index in [2.05, 4.69) is 15.2 Å². The third-order valence-electron chi connectivity index (χ3n) is 3.27. The molecule has 3 rings (SSSR count). The van der Waals surface area contributed by atoms with Crippen molar-refractivity contribution >= 4 is 23.1 Å². The number of benzene rings is 1. The number of rotatable bonds is 3. The van der Waals surface area contributed by atoms with E-state index in [1.807, 2.05) is 38.1 Å². The van der Waals surface area contributed by atoms with Gasteiger partial charge < -0.3 is 5.11 Å². The maximum absolute atomic E-state index is 11.1. The van der Waals surface area contributed by atoms with E-state index in [1.54, 1.807) is 10.5 Å². The van der Waals surface area contributed by atoms with Crippen molar-refractivity contribution in [3.05, 3.63) is 59.4 Å². The van der Waals surface area contributed by atoms with Crippen molar-refractivity contribution in [1.82, 2.24) is 9.38 Å². The van der Waals surface area contributed by atoms with E-state index in [0.29, 0.717) is 17.2 Å². The molecular weight excluding hydrogens is 280 g/mol. The molecule has 6 heteroatoms. The summed E-state index contributed by atoms with van der Waals surface area (Å²) in [5, 5.41) is 17.5. The van der Waals surface area contributed by atoms with Gasteiger partial charge in [0, 0.05) is 6.20 Å². The lowest BCUT2D eigenvalue weighted by Gasteiger charge is -1.99. The number of pyridine rings is 1. The lowest BCUT2D eigenvalue weighted by Crippen LogP contribution is -1.98. The fourth-order valence-electron chi connectivity index (χ4n) is 2.19. The molecule has 0 amide bonds. The summed E-state index contributed by atoms with van der Waals surface area (Å²) in [5.74, 6) is -0.463. The smallest absolute Gasteiger partial charge is 0.337 e. The molecule has 0 atom stereocenters. The molecule has 1 aromatic carbocycles. The molecule has 0 aliphatic heterocycles. The number of aromatic carboxylic acids is 1. The Bertz CT molecular complexity index is 896. The zero-order valence-electron chi connectivity index (χ0n) is 12.2. The van der Waals surface area contributed by atoms with Crippen molar-refractivity contribution in [3.63, 3.8) is 0 Å². The first-order valence-electron chi connectivity index (χ1n) is 6.75. The zero-order chi connectivity index (χ0) is 15.7. The first-order chi connectivity index (χ1) is 10.5. The summed E-state index contributed by atoms with van der Waals surface area (Å²) in [4.78, 5) is 15.5. The molecular formula is C16H14N4O2. The van der Waals surface area contributed by atoms with Gasteiger partial charge in [0.15, 0.2) is 5.82 Å². The highest BCUT2D eigenvalue weighted by molar-refractivity contribution is 5.87. The highest BCUT2D eigenvalue weighted by atomic mass is 16.4. The normalized spacial score (nSPS) is 11.4. The quantitative estimate of drug-likeness (QED) is 0.739. The number of azo groups is 1. The number of hydrogen-bond donors (Lipinski definition) is 1. The van der Waals surface area contributed by atoms with Gasteiger partial charge in [0.2, 0.25) is 0 Å². The Morgan fingerprint density at radius 3 is 2.73 bits per heavy atom. The fraction of sp³-hybridized carbons (Fsp3) is 0.125. The molecule has 0 unspecified atom stereocenters. The van der Waals surface area contributed by atoms with E-state index in [-0.39, 0.29) is 5.56 Å². The lowest BCUT2D eigenvalue weighted by molar-refractivity contribution is 0.0696. The summed E-state index contributed by atoms with van der Waals surface area (Å²) >= 11 is 0. The Kier molecular flexibility index (Phi) is 3.42. The van der Waals surface area contributed by atoms with E-state index in [0.717, 1.165) is 11.3 Å². The summed E-state index contributed by atoms with van der Waals surface area (Å²) < 4.78 is 1.64. The second-order valence-corrected chi connectivity index (χ2v) is 5.01. The first-order valence-corrected chi connectivity index (χ1v) is 6.75. The summed E-state index contributed by atoms with van der Waals surface area (Å²) in [5.41, 5.74) is 3.35. The standard InChI is InChI=1S/C16H14N4O2/c1-10-4-3-5-13(8-10)18-19-15-11(2)17-14-7-6-12(16(21)22)9-20(14)15/h3-9H,1-2H3,(H,21,22). The van der Waals surface area contributed by atoms with Gasteiger partial charge >= 0.3 is 5.97 Å². The average Bonchev–Trinajstić information content (AvgIpc) is 2.79. The minimum Gasteiger partial charge on any atom is -0.478 e. The SMILES string of the molecule is Cc1cccc(N=Nc2c(C)nc3ccc(C(=O)O)cn23)c1. The molecule has 0 saturated carbocycles. The van der Waals surface area contributed by atoms with Crippen molar-refractivity contribution in [2.45, 2.75) is 13.8 Å². The van der Waals surface area contributed by atoms with Crippen LogP contribution in [0.5, 0.6) is 0 Å². The third kappa shape index (κ3) is 2.58. The van der Waals surface area contributed by atoms with Gasteiger partial charge in [-0.15, -0.1) is 10.2 Å². The molecule has 0 fully saturated rings. The number of carbonyl (C=O) groups is 1. The highest BCUT2D eigenvalue weighted by Crippen LogP contribution is 2.24. The highest BCUT2D eigenvalue weighted by Gasteiger charge is 2.11. The van der Waals surface area contributed by atoms with Crippen LogP contribution in [0.1, 0.15) is 21.6 Å². The van der Waals surface area contributed by atoms with Gasteiger partial charge in [-0.25, -0.2) is 9.78 Å². The van der Waals surface area contributed by atoms with Crippen molar-refractivity contribution in [1.29, 1.82) is 0 Å². The average molecular weight is 294 g/mol. The van der Waals surface area contributed by atoms with Gasteiger partial charge in [0.05, 0.1) is 16.9 Å². The molecule has 0 spiro atoms. The van der Waals surface area contributed by atoms with Gasteiger partial charge in [-0.3, -0.25) is 4.40 Å². The van der Waals surface area contributed by atoms with E-state index in [1.165, 1.54) is 12.3 Å². The van der Waals surface area contributed by atoms with Gasteiger partial charge in [0.25, 0.3) is 0 Å². The maximum atomic E-state index is 11.1. The number of carboxylic acid groups (broad SMARTS) is 1. The monoisotopic (exact) mass is 294 g/mol. The minimum atomic E-state index is -0.991. The molecule has 0 bridgehead atoms. The van der Waals surface area contributed by atoms with Crippen LogP contribution in [-0.4, -0.2) is 20.5 Å². The van der Waals surface area contributed by atoms with Crippen LogP contribution in [0, 0.1) is 13.8 Å². The third-order valence-corrected chi connectivity index (χ3v) is 3.27. The number of hydrogen-bond acceptors (Lipinski definition) is 4. The van der Waals surface area contributed by atoms with E-state index < -0.39 is 5.97 Å². The Labute approximate surface area is 126 Å². The van der Waals surface area contributed by atoms with Gasteiger partial charge in [-0.1, -0.05) is 12.1 Å². The van der Waals surface area contributed by atoms with E-state index in [9.17, 15) is 4.79 Å². The van der Waals surface area contributed by atoms with Crippen LogP contribution < -0.4 is 0 Å². The van der Waals surface area contributed by atoms with Crippen LogP contribution in [0.4, 0.5) is 11.5 Å². The molecule has 0 aliphatic rings. The van der Waals surface area contributed by atoms with Crippen LogP contribution in [0.25, 0.3) is 5.65 Å². The summed E-state index contributed by atoms with van der Waals surface area (Å²) in [6.45, 7) is 3.80. The Morgan fingerprint density at radius 1 is 1.18 bits per heavy atom. The molecule has 2 aromatic heterocycles. The summed E-state index contributed by atoms with van der Waals surface area (Å²) in [6, 6.07) is 10.8. The second-order valence-electron chi connectivity index (χ2n) is 5.01. The van der Waals surface area contributed by atoms with Crippen molar-refractivity contribution in [3.8, 4) is 0 Å². The number of fused-ring (bicyclic) bond motifs is 1. The summed E-state index contributed by atoms with van der Waals surface area (Å²) in [6.07, 6.45) is 1.50. The van der Waals surface area contributed by atoms with Gasteiger partial charge in [-0.2, -0.15) is 0 Å². The molecule has 0 saturated heterocycles. The van der Waals surface area contributed by atoms with Crippen LogP contribution in [0.2, 0.25) is 0 Å². The molecule has 3 aromatic rings. The molecule has 0 radical (unpaired) electrons. The summed E-state index contributed by atoms with van der Waals surface area (Å²) in [7, 11) is 0. The largest absolute Gasteiger partial charge is 0.478 e. The number of aryl methyl sites for hydroxylation is 2. The van der Waals surface area contributed by atoms with E-state index in [4.69, 9.17) is 5.11 Å². The number of carboxylic acids is 1. The fourth-order valence-corrected chi connectivity index (χ4v) is 2.19. The van der Waals surface area contributed by atoms with Crippen LogP contribution >= 0.6 is 0 Å². The Balaban J connectivity index is 2.07. The first kappa shape index (κ1) is 13.9. The van der Waals surface area contributed by atoms with Crippen molar-refractivity contribution in [2.75, 3.05) is 0 Å². The number of aromatic nitrogens is 2. The number of nitrogens with zero attached hydrogens (tertiary/aromatic N) is 4. The molecule has 22 heavy (non-hydrogen) atoms. The van der Waals surface area contributed by atoms with Crippen molar-refractivity contribution < 1.29 is 9.90 Å². The molecule has 6 nitrogen and oxygen atoms in total.